The molecule has 8 aromatic rings. The van der Waals surface area contributed by atoms with Crippen molar-refractivity contribution < 1.29 is 4.74 Å². The van der Waals surface area contributed by atoms with Gasteiger partial charge in [0.2, 0.25) is 0 Å². The van der Waals surface area contributed by atoms with Gasteiger partial charge in [-0.1, -0.05) is 180 Å². The van der Waals surface area contributed by atoms with Gasteiger partial charge in [0.05, 0.1) is 23.8 Å². The van der Waals surface area contributed by atoms with Crippen molar-refractivity contribution in [2.75, 3.05) is 0 Å². The predicted molar refractivity (Wildman–Crippen MR) is 272 cm³/mol. The Labute approximate surface area is 387 Å². The van der Waals surface area contributed by atoms with Crippen LogP contribution < -0.4 is 4.74 Å². The van der Waals surface area contributed by atoms with Gasteiger partial charge in [0, 0.05) is 22.3 Å². The third-order valence-electron chi connectivity index (χ3n) is 12.2. The molecule has 65 heavy (non-hydrogen) atoms. The fraction of sp³-hybridized carbons (Fsp3) is 0.267. The predicted octanol–water partition coefficient (Wildman–Crippen LogP) is 16.3. The first-order chi connectivity index (χ1) is 30.7. The van der Waals surface area contributed by atoms with E-state index in [1.54, 1.807) is 0 Å². The summed E-state index contributed by atoms with van der Waals surface area (Å²) in [5.41, 5.74) is 16.7. The summed E-state index contributed by atoms with van der Waals surface area (Å²) in [5.74, 6) is 1.38. The summed E-state index contributed by atoms with van der Waals surface area (Å²) in [5, 5.41) is 18.4. The van der Waals surface area contributed by atoms with Gasteiger partial charge >= 0.3 is 0 Å². The van der Waals surface area contributed by atoms with E-state index in [2.05, 4.69) is 202 Å². The molecule has 0 spiro atoms. The first-order valence-electron chi connectivity index (χ1n) is 22.8. The van der Waals surface area contributed by atoms with Gasteiger partial charge in [-0.25, -0.2) is 0 Å². The summed E-state index contributed by atoms with van der Waals surface area (Å²) in [7, 11) is 0. The molecule has 0 aliphatic heterocycles. The van der Waals surface area contributed by atoms with Crippen molar-refractivity contribution in [3.8, 4) is 78.5 Å². The third kappa shape index (κ3) is 10.5. The highest BCUT2D eigenvalue weighted by Crippen LogP contribution is 2.41. The van der Waals surface area contributed by atoms with Crippen molar-refractivity contribution in [3.05, 3.63) is 180 Å². The number of aromatic nitrogens is 4. The van der Waals surface area contributed by atoms with Gasteiger partial charge in [0.25, 0.3) is 0 Å². The fourth-order valence-electron chi connectivity index (χ4n) is 7.99. The Kier molecular flexibility index (Phi) is 12.0. The summed E-state index contributed by atoms with van der Waals surface area (Å²) < 4.78 is 7.15. The van der Waals surface area contributed by atoms with E-state index in [4.69, 9.17) is 14.9 Å². The van der Waals surface area contributed by atoms with Crippen molar-refractivity contribution >= 4 is 0 Å². The van der Waals surface area contributed by atoms with Gasteiger partial charge in [-0.15, -0.1) is 0 Å². The Balaban J connectivity index is 1.34. The summed E-state index contributed by atoms with van der Waals surface area (Å²) in [6.45, 7) is 27.3. The van der Waals surface area contributed by atoms with Crippen LogP contribution in [0, 0.1) is 0 Å². The molecule has 0 bridgehead atoms. The van der Waals surface area contributed by atoms with Crippen LogP contribution in [0.2, 0.25) is 0 Å². The second-order valence-electron chi connectivity index (χ2n) is 21.6. The molecule has 6 aromatic carbocycles. The average Bonchev–Trinajstić information content (AvgIpc) is 3.28. The van der Waals surface area contributed by atoms with Crippen LogP contribution >= 0.6 is 0 Å². The van der Waals surface area contributed by atoms with Gasteiger partial charge in [-0.3, -0.25) is 0 Å². The molecule has 0 fully saturated rings. The molecule has 0 unspecified atom stereocenters. The topological polar surface area (TPSA) is 60.8 Å². The maximum atomic E-state index is 7.15. The molecule has 2 aromatic heterocycles. The zero-order valence-electron chi connectivity index (χ0n) is 40.2. The van der Waals surface area contributed by atoms with Crippen LogP contribution in [0.3, 0.4) is 0 Å². The van der Waals surface area contributed by atoms with Crippen molar-refractivity contribution in [2.24, 2.45) is 0 Å². The Morgan fingerprint density at radius 3 is 0.923 bits per heavy atom. The van der Waals surface area contributed by atoms with Crippen LogP contribution in [0.25, 0.3) is 67.0 Å². The highest BCUT2D eigenvalue weighted by molar-refractivity contribution is 5.79. The minimum Gasteiger partial charge on any atom is -0.457 e. The van der Waals surface area contributed by atoms with E-state index in [9.17, 15) is 0 Å². The summed E-state index contributed by atoms with van der Waals surface area (Å²) in [6.07, 6.45) is 3.65. The number of ether oxygens (including phenoxy) is 1. The Hall–Kier alpha value is -6.72. The minimum atomic E-state index is -0.0584. The molecule has 0 amide bonds. The molecule has 2 heterocycles. The zero-order chi connectivity index (χ0) is 46.3. The maximum Gasteiger partial charge on any atom is 0.128 e. The number of rotatable bonds is 8. The largest absolute Gasteiger partial charge is 0.457 e. The molecule has 0 saturated carbocycles. The normalized spacial score (nSPS) is 12.3. The van der Waals surface area contributed by atoms with Gasteiger partial charge in [0.1, 0.15) is 11.5 Å². The smallest absolute Gasteiger partial charge is 0.128 e. The first-order valence-corrected chi connectivity index (χ1v) is 22.8. The average molecular weight is 855 g/mol. The van der Waals surface area contributed by atoms with E-state index in [0.717, 1.165) is 67.0 Å². The quantitative estimate of drug-likeness (QED) is 0.152. The monoisotopic (exact) mass is 854 g/mol. The Morgan fingerprint density at radius 1 is 0.292 bits per heavy atom. The van der Waals surface area contributed by atoms with E-state index in [-0.39, 0.29) is 21.7 Å². The summed E-state index contributed by atoms with van der Waals surface area (Å²) in [6, 6.07) is 51.9. The maximum absolute atomic E-state index is 7.15. The lowest BCUT2D eigenvalue weighted by atomic mass is 9.79. The van der Waals surface area contributed by atoms with Gasteiger partial charge in [-0.05, 0) is 126 Å². The van der Waals surface area contributed by atoms with E-state index in [0.29, 0.717) is 11.5 Å². The number of benzene rings is 6. The molecule has 328 valence electrons. The molecule has 8 rings (SSSR count). The molecule has 0 atom stereocenters. The highest BCUT2D eigenvalue weighted by atomic mass is 16.5. The second kappa shape index (κ2) is 17.3. The van der Waals surface area contributed by atoms with E-state index >= 15 is 0 Å². The van der Waals surface area contributed by atoms with Gasteiger partial charge in [-0.2, -0.15) is 20.4 Å². The van der Waals surface area contributed by atoms with E-state index in [1.807, 2.05) is 48.8 Å². The minimum absolute atomic E-state index is 0.0584. The van der Waals surface area contributed by atoms with Gasteiger partial charge < -0.3 is 4.74 Å². The van der Waals surface area contributed by atoms with Crippen LogP contribution in [0.1, 0.15) is 105 Å². The van der Waals surface area contributed by atoms with Crippen LogP contribution in [-0.4, -0.2) is 20.4 Å². The van der Waals surface area contributed by atoms with E-state index < -0.39 is 0 Å². The Bertz CT molecular complexity index is 2710. The van der Waals surface area contributed by atoms with Crippen molar-refractivity contribution in [1.82, 2.24) is 20.4 Å². The third-order valence-corrected chi connectivity index (χ3v) is 12.2. The zero-order valence-corrected chi connectivity index (χ0v) is 40.2. The molecule has 0 N–H and O–H groups in total. The SMILES string of the molecule is CC(C)(C)c1cc(-c2cc(Oc3cc(-c4cc(C(C)(C)C)cc(C(C)(C)C)c4)cc(-c4cc(-c5ccccc5)cnn4)c3)cc(-c3cc(-c4ccccc4)cnn3)c2)cc(C(C)(C)C)c1. The molecular weight excluding hydrogens is 793 g/mol. The highest BCUT2D eigenvalue weighted by Gasteiger charge is 2.24. The van der Waals surface area contributed by atoms with Crippen LogP contribution in [0.4, 0.5) is 0 Å². The molecule has 5 nitrogen and oxygen atoms in total. The molecular formula is C60H62N4O. The van der Waals surface area contributed by atoms with Crippen molar-refractivity contribution in [3.63, 3.8) is 0 Å². The Morgan fingerprint density at radius 2 is 0.600 bits per heavy atom. The molecule has 0 aliphatic carbocycles. The van der Waals surface area contributed by atoms with Crippen LogP contribution in [0.5, 0.6) is 11.5 Å². The fourth-order valence-corrected chi connectivity index (χ4v) is 7.99. The number of hydrogen-bond acceptors (Lipinski definition) is 5. The second-order valence-corrected chi connectivity index (χ2v) is 21.6. The molecule has 0 radical (unpaired) electrons. The standard InChI is InChI=1S/C60H62N4O/c1-57(2,3)49-25-43(26-50(35-49)58(4,5)6)41-23-45(55-33-47(37-61-63-55)39-19-15-13-16-20-39)31-53(29-41)65-54-30-42(44-27-51(59(7,8)9)36-52(28-44)60(10,11)12)24-46(32-54)56-34-48(38-62-64-56)40-21-17-14-18-22-40/h13-38H,1-12H3. The van der Waals surface area contributed by atoms with E-state index in [1.165, 1.54) is 22.3 Å². The van der Waals surface area contributed by atoms with Crippen LogP contribution in [0.15, 0.2) is 158 Å². The van der Waals surface area contributed by atoms with Crippen molar-refractivity contribution in [2.45, 2.75) is 105 Å². The first kappa shape index (κ1) is 44.9. The molecule has 0 saturated heterocycles. The lowest BCUT2D eigenvalue weighted by molar-refractivity contribution is 0.483. The molecule has 5 heteroatoms. The lowest BCUT2D eigenvalue weighted by Gasteiger charge is -2.26. The summed E-state index contributed by atoms with van der Waals surface area (Å²) in [4.78, 5) is 0. The number of nitrogens with zero attached hydrogens (tertiary/aromatic N) is 4. The summed E-state index contributed by atoms with van der Waals surface area (Å²) >= 11 is 0. The van der Waals surface area contributed by atoms with Crippen molar-refractivity contribution in [1.29, 1.82) is 0 Å². The van der Waals surface area contributed by atoms with Gasteiger partial charge in [0.15, 0.2) is 0 Å². The number of hydrogen-bond donors (Lipinski definition) is 0. The lowest BCUT2D eigenvalue weighted by Crippen LogP contribution is -2.16. The molecule has 0 aliphatic rings. The van der Waals surface area contributed by atoms with Crippen LogP contribution in [-0.2, 0) is 21.7 Å².